The average molecular weight is 686 g/mol. The molecule has 246 valence electrons. The number of aliphatic carboxylic acids is 1. The van der Waals surface area contributed by atoms with Crippen molar-refractivity contribution in [2.45, 2.75) is 75.4 Å². The molecule has 18 nitrogen and oxygen atoms in total. The minimum absolute atomic E-state index is 0.0573. The topological polar surface area (TPSA) is 256 Å². The summed E-state index contributed by atoms with van der Waals surface area (Å²) in [5.74, 6) is -2.98. The van der Waals surface area contributed by atoms with Gasteiger partial charge < -0.3 is 36.4 Å². The van der Waals surface area contributed by atoms with Gasteiger partial charge in [-0.15, -0.1) is 16.9 Å². The molecule has 0 spiro atoms. The van der Waals surface area contributed by atoms with Gasteiger partial charge in [-0.2, -0.15) is 9.36 Å². The van der Waals surface area contributed by atoms with Gasteiger partial charge in [0.25, 0.3) is 5.91 Å². The van der Waals surface area contributed by atoms with Gasteiger partial charge in [0.2, 0.25) is 28.2 Å². The number of nitrogens with two attached hydrogens (primary N) is 2. The van der Waals surface area contributed by atoms with Crippen LogP contribution >= 0.6 is 35.1 Å². The molecule has 45 heavy (non-hydrogen) atoms. The van der Waals surface area contributed by atoms with Crippen molar-refractivity contribution >= 4 is 69.7 Å². The lowest BCUT2D eigenvalue weighted by Crippen LogP contribution is -2.74. The van der Waals surface area contributed by atoms with Gasteiger partial charge in [-0.05, 0) is 58.0 Å². The van der Waals surface area contributed by atoms with E-state index in [1.165, 1.54) is 42.3 Å². The maximum Gasteiger partial charge on any atom is 0.353 e. The summed E-state index contributed by atoms with van der Waals surface area (Å²) in [6, 6.07) is -0.981. The summed E-state index contributed by atoms with van der Waals surface area (Å²) in [6.45, 7) is 8.80. The first-order valence-corrected chi connectivity index (χ1v) is 16.5. The number of anilines is 1. The highest BCUT2D eigenvalue weighted by molar-refractivity contribution is 8.00. The van der Waals surface area contributed by atoms with Gasteiger partial charge in [0.1, 0.15) is 22.4 Å². The molecule has 2 aliphatic heterocycles. The number of hydrogen-bond donors (Lipinski definition) is 4. The summed E-state index contributed by atoms with van der Waals surface area (Å²) in [6.07, 6.45) is 0.654. The summed E-state index contributed by atoms with van der Waals surface area (Å²) >= 11 is 3.25. The Kier molecular flexibility index (Phi) is 10.2. The molecule has 4 rings (SSSR count). The van der Waals surface area contributed by atoms with Crippen molar-refractivity contribution in [3.05, 3.63) is 5.82 Å². The van der Waals surface area contributed by atoms with Gasteiger partial charge in [0.05, 0.1) is 0 Å². The van der Waals surface area contributed by atoms with E-state index in [1.807, 2.05) is 0 Å². The Bertz CT molecular complexity index is 1470. The van der Waals surface area contributed by atoms with Crippen LogP contribution in [0.3, 0.4) is 0 Å². The van der Waals surface area contributed by atoms with E-state index in [2.05, 4.69) is 35.4 Å². The number of carboxylic acid groups (broad SMARTS) is 1. The predicted molar refractivity (Wildman–Crippen MR) is 164 cm³/mol. The lowest BCUT2D eigenvalue weighted by atomic mass is 9.89. The van der Waals surface area contributed by atoms with E-state index in [9.17, 15) is 24.3 Å². The molecule has 3 atom stereocenters. The second-order valence-electron chi connectivity index (χ2n) is 11.8. The summed E-state index contributed by atoms with van der Waals surface area (Å²) in [4.78, 5) is 62.6. The first kappa shape index (κ1) is 34.3. The van der Waals surface area contributed by atoms with E-state index < -0.39 is 57.5 Å². The van der Waals surface area contributed by atoms with E-state index in [1.54, 1.807) is 25.5 Å². The number of carbonyl (C=O) groups is 4. The van der Waals surface area contributed by atoms with E-state index in [0.717, 1.165) is 11.5 Å². The third-order valence-electron chi connectivity index (χ3n) is 6.56. The Labute approximate surface area is 270 Å². The fourth-order valence-electron chi connectivity index (χ4n) is 4.11. The number of tetrazole rings is 1. The fraction of sp³-hybridized carbons (Fsp3) is 0.667. The monoisotopic (exact) mass is 685 g/mol. The second-order valence-corrected chi connectivity index (χ2v) is 14.7. The molecule has 0 bridgehead atoms. The lowest BCUT2D eigenvalue weighted by molar-refractivity contribution is -0.179. The van der Waals surface area contributed by atoms with Crippen molar-refractivity contribution in [3.8, 4) is 0 Å². The molecule has 0 radical (unpaired) electrons. The third kappa shape index (κ3) is 7.82. The van der Waals surface area contributed by atoms with Crippen molar-refractivity contribution in [1.29, 1.82) is 0 Å². The Hall–Kier alpha value is -3.56. The van der Waals surface area contributed by atoms with Gasteiger partial charge in [0.15, 0.2) is 5.13 Å². The first-order chi connectivity index (χ1) is 21.1. The van der Waals surface area contributed by atoms with Crippen LogP contribution in [0.15, 0.2) is 10.3 Å². The summed E-state index contributed by atoms with van der Waals surface area (Å²) in [5.41, 5.74) is 7.21. The number of hydrogen-bond acceptors (Lipinski definition) is 17. The van der Waals surface area contributed by atoms with Crippen LogP contribution in [0.4, 0.5) is 5.13 Å². The highest BCUT2D eigenvalue weighted by Crippen LogP contribution is 2.44. The zero-order chi connectivity index (χ0) is 33.2. The molecule has 2 saturated heterocycles. The van der Waals surface area contributed by atoms with Crippen LogP contribution in [-0.2, 0) is 35.3 Å². The number of ether oxygens (including phenoxy) is 1. The van der Waals surface area contributed by atoms with Crippen molar-refractivity contribution in [3.63, 3.8) is 0 Å². The molecule has 0 aliphatic carbocycles. The molecule has 2 unspecified atom stereocenters. The molecule has 2 fully saturated rings. The number of thioether (sulfide) groups is 2. The van der Waals surface area contributed by atoms with Crippen molar-refractivity contribution < 1.29 is 33.9 Å². The average Bonchev–Trinajstić information content (AvgIpc) is 3.60. The van der Waals surface area contributed by atoms with Crippen molar-refractivity contribution in [2.75, 3.05) is 30.3 Å². The third-order valence-corrected chi connectivity index (χ3v) is 9.94. The number of fused-ring (bicyclic) bond motifs is 1. The fourth-order valence-corrected chi connectivity index (χ4v) is 7.31. The maximum absolute atomic E-state index is 13.4. The van der Waals surface area contributed by atoms with E-state index in [0.29, 0.717) is 24.7 Å². The molecule has 0 aromatic carbocycles. The number of carboxylic acids is 1. The van der Waals surface area contributed by atoms with Crippen LogP contribution in [0.1, 0.15) is 46.9 Å². The largest absolute Gasteiger partial charge is 0.481 e. The first-order valence-electron chi connectivity index (χ1n) is 13.7. The molecule has 4 heterocycles. The highest BCUT2D eigenvalue weighted by atomic mass is 32.2. The zero-order valence-electron chi connectivity index (χ0n) is 25.3. The Balaban J connectivity index is 1.45. The number of rotatable bonds is 13. The standard InChI is InChI=1S/C24H35N11O7S3/c1-22(2,3)41-19(40)23(4,5)42-30-12(14-28-20(26)45-31-14)15(36)27-13-16(37)34-9-24(18(38)39,10-43-17(13)34)11-44-21-29-32-33-35(21)8-6-7-25/h13,17H,6-11,25H2,1-5H3,(H,27,36)(H,38,39)(H2,26,28,31)/t13?,17-,24?/m1/s1. The van der Waals surface area contributed by atoms with Crippen LogP contribution in [0, 0.1) is 5.41 Å². The SMILES string of the molecule is CC(C)(C)OC(=O)C(C)(C)ON=C(C(=O)NC1C(=O)N2CC(CSc3nnnn3CCCN)(C(=O)O)CS[C@H]12)c1nsc(N)n1. The second kappa shape index (κ2) is 13.4. The number of carbonyl (C=O) groups excluding carboxylic acids is 3. The maximum atomic E-state index is 13.4. The Morgan fingerprint density at radius 2 is 2.00 bits per heavy atom. The van der Waals surface area contributed by atoms with Crippen LogP contribution in [0.25, 0.3) is 0 Å². The van der Waals surface area contributed by atoms with Crippen molar-refractivity contribution in [2.24, 2.45) is 16.3 Å². The smallest absolute Gasteiger partial charge is 0.353 e. The highest BCUT2D eigenvalue weighted by Gasteiger charge is 2.57. The van der Waals surface area contributed by atoms with E-state index in [4.69, 9.17) is 21.0 Å². The molecule has 21 heteroatoms. The molecular formula is C24H35N11O7S3. The molecule has 6 N–H and O–H groups in total. The molecule has 2 aromatic rings. The number of esters is 1. The number of amides is 2. The molecular weight excluding hydrogens is 651 g/mol. The van der Waals surface area contributed by atoms with E-state index >= 15 is 0 Å². The van der Waals surface area contributed by atoms with Crippen LogP contribution in [0.2, 0.25) is 0 Å². The lowest BCUT2D eigenvalue weighted by Gasteiger charge is -2.53. The van der Waals surface area contributed by atoms with Gasteiger partial charge in [-0.1, -0.05) is 16.9 Å². The normalized spacial score (nSPS) is 22.0. The van der Waals surface area contributed by atoms with E-state index in [-0.39, 0.29) is 29.0 Å². The number of nitrogen functional groups attached to an aromatic ring is 1. The number of nitrogens with zero attached hydrogens (tertiary/aromatic N) is 8. The van der Waals surface area contributed by atoms with Gasteiger partial charge >= 0.3 is 11.9 Å². The van der Waals surface area contributed by atoms with Gasteiger partial charge in [-0.25, -0.2) is 9.48 Å². The van der Waals surface area contributed by atoms with Crippen molar-refractivity contribution in [1.82, 2.24) is 39.8 Å². The predicted octanol–water partition coefficient (Wildman–Crippen LogP) is -0.440. The summed E-state index contributed by atoms with van der Waals surface area (Å²) in [5, 5.41) is 28.3. The molecule has 0 saturated carbocycles. The molecule has 2 amide bonds. The van der Waals surface area contributed by atoms with Gasteiger partial charge in [-0.3, -0.25) is 14.4 Å². The van der Waals surface area contributed by atoms with Crippen LogP contribution < -0.4 is 16.8 Å². The number of aromatic nitrogens is 6. The zero-order valence-corrected chi connectivity index (χ0v) is 27.7. The number of nitrogens with one attached hydrogen (secondary N) is 1. The summed E-state index contributed by atoms with van der Waals surface area (Å²) in [7, 11) is 0. The minimum atomic E-state index is -1.59. The molecule has 2 aliphatic rings. The molecule has 2 aromatic heterocycles. The Morgan fingerprint density at radius 1 is 1.27 bits per heavy atom. The van der Waals surface area contributed by atoms with Gasteiger partial charge in [0, 0.05) is 36.1 Å². The minimum Gasteiger partial charge on any atom is -0.481 e. The summed E-state index contributed by atoms with van der Waals surface area (Å²) < 4.78 is 11.0. The Morgan fingerprint density at radius 3 is 2.62 bits per heavy atom. The quantitative estimate of drug-likeness (QED) is 0.0685. The number of aryl methyl sites for hydroxylation is 1. The van der Waals surface area contributed by atoms with Crippen LogP contribution in [0.5, 0.6) is 0 Å². The number of β-lactam (4-membered cyclic amide) rings is 1. The number of oxime groups is 1. The van der Waals surface area contributed by atoms with Crippen LogP contribution in [-0.4, -0.2) is 116 Å².